The Morgan fingerprint density at radius 2 is 1.96 bits per heavy atom. The molecule has 0 aliphatic rings. The van der Waals surface area contributed by atoms with Crippen LogP contribution in [0.3, 0.4) is 0 Å². The summed E-state index contributed by atoms with van der Waals surface area (Å²) in [7, 11) is -3.65. The Bertz CT molecular complexity index is 707. The number of nitrogens with one attached hydrogen (secondary N) is 1. The number of carbonyl (C=O) groups excluding carboxylic acids is 1. The quantitative estimate of drug-likeness (QED) is 0.639. The van der Waals surface area contributed by atoms with Gasteiger partial charge in [-0.1, -0.05) is 50.8 Å². The molecular formula is C19H31ClN2O3S. The third-order valence-corrected chi connectivity index (χ3v) is 6.07. The Labute approximate surface area is 163 Å². The molecule has 0 bridgehead atoms. The second-order valence-electron chi connectivity index (χ2n) is 6.83. The van der Waals surface area contributed by atoms with E-state index in [9.17, 15) is 13.2 Å². The van der Waals surface area contributed by atoms with Crippen molar-refractivity contribution in [2.45, 2.75) is 59.4 Å². The standard InChI is InChI=1S/C19H31ClN2O3S/c1-6-8-9-16(7-2)13-21-19(23)15(4)22(26(5,24)25)18-12-17(20)11-10-14(18)3/h10-12,15-16H,6-9,13H2,1-5H3,(H,21,23)/t15-,16+/m0/s1. The molecule has 0 aromatic heterocycles. The number of hydrogen-bond donors (Lipinski definition) is 1. The van der Waals surface area contributed by atoms with E-state index in [1.54, 1.807) is 32.0 Å². The fourth-order valence-corrected chi connectivity index (χ4v) is 4.33. The van der Waals surface area contributed by atoms with Crippen LogP contribution < -0.4 is 9.62 Å². The Morgan fingerprint density at radius 3 is 2.50 bits per heavy atom. The number of amides is 1. The first-order chi connectivity index (χ1) is 12.1. The monoisotopic (exact) mass is 402 g/mol. The van der Waals surface area contributed by atoms with Crippen LogP contribution in [-0.2, 0) is 14.8 Å². The van der Waals surface area contributed by atoms with E-state index in [0.717, 1.165) is 41.8 Å². The highest BCUT2D eigenvalue weighted by molar-refractivity contribution is 7.92. The van der Waals surface area contributed by atoms with Gasteiger partial charge in [0, 0.05) is 11.6 Å². The zero-order valence-electron chi connectivity index (χ0n) is 16.4. The number of hydrogen-bond acceptors (Lipinski definition) is 3. The molecule has 2 atom stereocenters. The topological polar surface area (TPSA) is 66.5 Å². The number of sulfonamides is 1. The van der Waals surface area contributed by atoms with Gasteiger partial charge in [0.2, 0.25) is 15.9 Å². The largest absolute Gasteiger partial charge is 0.354 e. The van der Waals surface area contributed by atoms with Crippen molar-refractivity contribution in [3.63, 3.8) is 0 Å². The van der Waals surface area contributed by atoms with Crippen molar-refractivity contribution in [2.75, 3.05) is 17.1 Å². The van der Waals surface area contributed by atoms with Crippen LogP contribution in [0, 0.1) is 12.8 Å². The van der Waals surface area contributed by atoms with Gasteiger partial charge in [-0.25, -0.2) is 8.42 Å². The van der Waals surface area contributed by atoms with Gasteiger partial charge in [-0.3, -0.25) is 9.10 Å². The minimum absolute atomic E-state index is 0.301. The van der Waals surface area contributed by atoms with E-state index in [1.165, 1.54) is 0 Å². The van der Waals surface area contributed by atoms with Crippen molar-refractivity contribution in [3.05, 3.63) is 28.8 Å². The van der Waals surface area contributed by atoms with Gasteiger partial charge < -0.3 is 5.32 Å². The van der Waals surface area contributed by atoms with E-state index in [1.807, 2.05) is 0 Å². The average Bonchev–Trinajstić information content (AvgIpc) is 2.56. The van der Waals surface area contributed by atoms with Gasteiger partial charge in [-0.05, 0) is 43.9 Å². The molecule has 0 unspecified atom stereocenters. The lowest BCUT2D eigenvalue weighted by Gasteiger charge is -2.30. The van der Waals surface area contributed by atoms with Crippen LogP contribution in [0.15, 0.2) is 18.2 Å². The number of unbranched alkanes of at least 4 members (excludes halogenated alkanes) is 1. The van der Waals surface area contributed by atoms with Gasteiger partial charge in [0.25, 0.3) is 0 Å². The van der Waals surface area contributed by atoms with Crippen molar-refractivity contribution >= 4 is 33.2 Å². The normalized spacial score (nSPS) is 13.9. The van der Waals surface area contributed by atoms with Crippen molar-refractivity contribution in [3.8, 4) is 0 Å². The summed E-state index contributed by atoms with van der Waals surface area (Å²) in [5.74, 6) is 0.107. The summed E-state index contributed by atoms with van der Waals surface area (Å²) < 4.78 is 25.9. The number of anilines is 1. The van der Waals surface area contributed by atoms with Gasteiger partial charge in [0.1, 0.15) is 6.04 Å². The summed E-state index contributed by atoms with van der Waals surface area (Å²) in [5.41, 5.74) is 1.18. The Morgan fingerprint density at radius 1 is 1.31 bits per heavy atom. The summed E-state index contributed by atoms with van der Waals surface area (Å²) in [5, 5.41) is 3.35. The van der Waals surface area contributed by atoms with Gasteiger partial charge in [-0.2, -0.15) is 0 Å². The van der Waals surface area contributed by atoms with Gasteiger partial charge >= 0.3 is 0 Å². The summed E-state index contributed by atoms with van der Waals surface area (Å²) in [4.78, 5) is 12.6. The first-order valence-corrected chi connectivity index (χ1v) is 11.4. The lowest BCUT2D eigenvalue weighted by Crippen LogP contribution is -2.49. The third-order valence-electron chi connectivity index (χ3n) is 4.61. The second kappa shape index (κ2) is 10.2. The smallest absolute Gasteiger partial charge is 0.243 e. The summed E-state index contributed by atoms with van der Waals surface area (Å²) in [6.45, 7) is 8.21. The molecule has 0 aliphatic heterocycles. The molecule has 7 heteroatoms. The SMILES string of the molecule is CCCC[C@@H](CC)CNC(=O)[C@H](C)N(c1cc(Cl)ccc1C)S(C)(=O)=O. The molecule has 1 aromatic rings. The molecular weight excluding hydrogens is 372 g/mol. The number of halogens is 1. The molecule has 1 aromatic carbocycles. The molecule has 26 heavy (non-hydrogen) atoms. The van der Waals surface area contributed by atoms with Crippen molar-refractivity contribution in [2.24, 2.45) is 5.92 Å². The van der Waals surface area contributed by atoms with Crippen LogP contribution in [0.4, 0.5) is 5.69 Å². The Hall–Kier alpha value is -1.27. The molecule has 1 rings (SSSR count). The lowest BCUT2D eigenvalue weighted by molar-refractivity contribution is -0.122. The minimum atomic E-state index is -3.65. The van der Waals surface area contributed by atoms with Crippen LogP contribution in [0.1, 0.15) is 52.0 Å². The predicted octanol–water partition coefficient (Wildman–Crippen LogP) is 4.14. The number of nitrogens with zero attached hydrogens (tertiary/aromatic N) is 1. The van der Waals surface area contributed by atoms with E-state index in [2.05, 4.69) is 19.2 Å². The van der Waals surface area contributed by atoms with Crippen LogP contribution in [0.2, 0.25) is 5.02 Å². The van der Waals surface area contributed by atoms with Gasteiger partial charge in [0.15, 0.2) is 0 Å². The molecule has 1 amide bonds. The first-order valence-electron chi connectivity index (χ1n) is 9.15. The zero-order chi connectivity index (χ0) is 19.9. The number of carbonyl (C=O) groups is 1. The molecule has 0 radical (unpaired) electrons. The summed E-state index contributed by atoms with van der Waals surface area (Å²) >= 11 is 6.04. The molecule has 0 heterocycles. The Kier molecular flexibility index (Phi) is 8.90. The number of rotatable bonds is 10. The predicted molar refractivity (Wildman–Crippen MR) is 109 cm³/mol. The lowest BCUT2D eigenvalue weighted by atomic mass is 9.99. The van der Waals surface area contributed by atoms with E-state index >= 15 is 0 Å². The molecule has 0 spiro atoms. The van der Waals surface area contributed by atoms with Crippen LogP contribution in [-0.4, -0.2) is 33.2 Å². The molecule has 0 saturated heterocycles. The van der Waals surface area contributed by atoms with Crippen LogP contribution >= 0.6 is 11.6 Å². The first kappa shape index (κ1) is 22.8. The Balaban J connectivity index is 2.98. The maximum absolute atomic E-state index is 12.6. The average molecular weight is 403 g/mol. The van der Waals surface area contributed by atoms with Crippen molar-refractivity contribution in [1.29, 1.82) is 0 Å². The molecule has 148 valence electrons. The molecule has 0 fully saturated rings. The second-order valence-corrected chi connectivity index (χ2v) is 9.12. The summed E-state index contributed by atoms with van der Waals surface area (Å²) in [6, 6.07) is 4.17. The van der Waals surface area contributed by atoms with E-state index < -0.39 is 16.1 Å². The highest BCUT2D eigenvalue weighted by Gasteiger charge is 2.30. The zero-order valence-corrected chi connectivity index (χ0v) is 18.0. The van der Waals surface area contributed by atoms with Crippen LogP contribution in [0.25, 0.3) is 0 Å². The molecule has 0 saturated carbocycles. The van der Waals surface area contributed by atoms with Gasteiger partial charge in [-0.15, -0.1) is 0 Å². The summed E-state index contributed by atoms with van der Waals surface area (Å²) in [6.07, 6.45) is 5.40. The highest BCUT2D eigenvalue weighted by Crippen LogP contribution is 2.28. The van der Waals surface area contributed by atoms with Crippen molar-refractivity contribution in [1.82, 2.24) is 5.32 Å². The molecule has 5 nitrogen and oxygen atoms in total. The van der Waals surface area contributed by atoms with E-state index in [4.69, 9.17) is 11.6 Å². The van der Waals surface area contributed by atoms with Crippen molar-refractivity contribution < 1.29 is 13.2 Å². The number of aryl methyl sites for hydroxylation is 1. The maximum Gasteiger partial charge on any atom is 0.243 e. The number of benzene rings is 1. The maximum atomic E-state index is 12.6. The molecule has 0 aliphatic carbocycles. The van der Waals surface area contributed by atoms with Gasteiger partial charge in [0.05, 0.1) is 11.9 Å². The fraction of sp³-hybridized carbons (Fsp3) is 0.632. The highest BCUT2D eigenvalue weighted by atomic mass is 35.5. The van der Waals surface area contributed by atoms with E-state index in [-0.39, 0.29) is 5.91 Å². The molecule has 1 N–H and O–H groups in total. The van der Waals surface area contributed by atoms with E-state index in [0.29, 0.717) is 23.2 Å². The fourth-order valence-electron chi connectivity index (χ4n) is 2.94. The van der Waals surface area contributed by atoms with Crippen LogP contribution in [0.5, 0.6) is 0 Å². The minimum Gasteiger partial charge on any atom is -0.354 e. The third kappa shape index (κ3) is 6.47.